The zero-order valence-corrected chi connectivity index (χ0v) is 14.5. The van der Waals surface area contributed by atoms with Gasteiger partial charge in [0.25, 0.3) is 10.0 Å². The molecule has 0 saturated carbocycles. The highest BCUT2D eigenvalue weighted by molar-refractivity contribution is 7.94. The summed E-state index contributed by atoms with van der Waals surface area (Å²) in [5.74, 6) is -1.16. The number of sulfonamides is 1. The van der Waals surface area contributed by atoms with Crippen LogP contribution in [0.2, 0.25) is 0 Å². The fourth-order valence-electron chi connectivity index (χ4n) is 1.99. The molecule has 8 nitrogen and oxygen atoms in total. The van der Waals surface area contributed by atoms with E-state index in [-0.39, 0.29) is 9.77 Å². The molecule has 0 aliphatic rings. The summed E-state index contributed by atoms with van der Waals surface area (Å²) in [6.07, 6.45) is 0. The van der Waals surface area contributed by atoms with Crippen molar-refractivity contribution in [2.45, 2.75) is 24.6 Å². The van der Waals surface area contributed by atoms with Crippen molar-refractivity contribution in [1.29, 1.82) is 0 Å². The van der Waals surface area contributed by atoms with Crippen molar-refractivity contribution >= 4 is 33.0 Å². The molecule has 0 atom stereocenters. The molecule has 10 heteroatoms. The first kappa shape index (κ1) is 17.4. The van der Waals surface area contributed by atoms with E-state index in [1.807, 2.05) is 0 Å². The van der Waals surface area contributed by atoms with E-state index in [1.165, 1.54) is 5.38 Å². The van der Waals surface area contributed by atoms with Crippen LogP contribution in [0.15, 0.2) is 15.7 Å². The summed E-state index contributed by atoms with van der Waals surface area (Å²) in [5, 5.41) is 14.5. The van der Waals surface area contributed by atoms with Gasteiger partial charge in [-0.25, -0.2) is 13.2 Å². The van der Waals surface area contributed by atoms with Crippen molar-refractivity contribution in [2.75, 3.05) is 18.4 Å². The van der Waals surface area contributed by atoms with E-state index in [4.69, 9.17) is 9.84 Å². The van der Waals surface area contributed by atoms with Gasteiger partial charge in [0, 0.05) is 12.5 Å². The summed E-state index contributed by atoms with van der Waals surface area (Å²) in [4.78, 5) is 10.9. The number of anilines is 1. The third-order valence-corrected chi connectivity index (χ3v) is 6.00. The molecule has 2 aromatic rings. The van der Waals surface area contributed by atoms with Gasteiger partial charge in [0.1, 0.15) is 4.21 Å². The topological polar surface area (TPSA) is 111 Å². The first-order valence-corrected chi connectivity index (χ1v) is 9.00. The van der Waals surface area contributed by atoms with Crippen LogP contribution in [-0.2, 0) is 21.3 Å². The zero-order chi connectivity index (χ0) is 17.2. The number of aryl methyl sites for hydroxylation is 1. The predicted octanol–water partition coefficient (Wildman–Crippen LogP) is 1.71. The van der Waals surface area contributed by atoms with Crippen molar-refractivity contribution in [1.82, 2.24) is 9.78 Å². The Bertz CT molecular complexity index is 823. The van der Waals surface area contributed by atoms with Gasteiger partial charge in [-0.15, -0.1) is 11.3 Å². The Morgan fingerprint density at radius 1 is 1.48 bits per heavy atom. The number of hydrogen-bond acceptors (Lipinski definition) is 6. The van der Waals surface area contributed by atoms with E-state index in [0.29, 0.717) is 30.2 Å². The maximum absolute atomic E-state index is 12.4. The molecule has 0 radical (unpaired) electrons. The molecular formula is C13H17N3O5S2. The molecule has 2 rings (SSSR count). The summed E-state index contributed by atoms with van der Waals surface area (Å²) in [6.45, 7) is 4.42. The molecule has 0 saturated heterocycles. The Kier molecular flexibility index (Phi) is 5.07. The van der Waals surface area contributed by atoms with E-state index in [0.717, 1.165) is 17.4 Å². The highest BCUT2D eigenvalue weighted by Gasteiger charge is 2.22. The number of rotatable bonds is 7. The first-order valence-electron chi connectivity index (χ1n) is 6.64. The van der Waals surface area contributed by atoms with Crippen molar-refractivity contribution in [2.24, 2.45) is 0 Å². The minimum atomic E-state index is -3.86. The van der Waals surface area contributed by atoms with Crippen molar-refractivity contribution in [3.63, 3.8) is 0 Å². The fourth-order valence-corrected chi connectivity index (χ4v) is 4.32. The molecule has 2 aromatic heterocycles. The van der Waals surface area contributed by atoms with E-state index in [2.05, 4.69) is 9.82 Å². The number of nitrogens with zero attached hydrogens (tertiary/aromatic N) is 2. The van der Waals surface area contributed by atoms with Gasteiger partial charge in [0.15, 0.2) is 0 Å². The number of thiophene rings is 1. The van der Waals surface area contributed by atoms with E-state index in [9.17, 15) is 13.2 Å². The number of aromatic carboxylic acids is 1. The molecule has 0 spiro atoms. The average Bonchev–Trinajstić information content (AvgIpc) is 3.07. The van der Waals surface area contributed by atoms with Crippen molar-refractivity contribution < 1.29 is 23.1 Å². The summed E-state index contributed by atoms with van der Waals surface area (Å²) < 4.78 is 33.9. The van der Waals surface area contributed by atoms with Gasteiger partial charge < -0.3 is 9.84 Å². The maximum Gasteiger partial charge on any atom is 0.336 e. The minimum Gasteiger partial charge on any atom is -0.478 e. The molecule has 0 bridgehead atoms. The fraction of sp³-hybridized carbons (Fsp3) is 0.385. The normalized spacial score (nSPS) is 11.6. The number of carboxylic acids is 1. The Balaban J connectivity index is 2.29. The highest BCUT2D eigenvalue weighted by Crippen LogP contribution is 2.26. The van der Waals surface area contributed by atoms with Crippen LogP contribution in [-0.4, -0.2) is 43.0 Å². The maximum atomic E-state index is 12.4. The highest BCUT2D eigenvalue weighted by atomic mass is 32.2. The van der Waals surface area contributed by atoms with Crippen LogP contribution in [0.5, 0.6) is 0 Å². The number of nitrogens with one attached hydrogen (secondary N) is 1. The van der Waals surface area contributed by atoms with Gasteiger partial charge in [-0.3, -0.25) is 9.40 Å². The standard InChI is InChI=1S/C13H17N3O5S2/c1-8-12(9(2)16(14-8)4-5-21-3)15-23(19,20)11-6-10(7-22-11)13(17)18/h6-7,15H,4-5H2,1-3H3,(H,17,18). The quantitative estimate of drug-likeness (QED) is 0.778. The summed E-state index contributed by atoms with van der Waals surface area (Å²) in [5.41, 5.74) is 1.54. The zero-order valence-electron chi connectivity index (χ0n) is 12.9. The Labute approximate surface area is 137 Å². The summed E-state index contributed by atoms with van der Waals surface area (Å²) >= 11 is 0.858. The lowest BCUT2D eigenvalue weighted by Crippen LogP contribution is -2.13. The Morgan fingerprint density at radius 3 is 2.74 bits per heavy atom. The molecule has 0 unspecified atom stereocenters. The number of carbonyl (C=O) groups is 1. The van der Waals surface area contributed by atoms with Gasteiger partial charge in [-0.1, -0.05) is 0 Å². The van der Waals surface area contributed by atoms with Crippen LogP contribution in [0, 0.1) is 13.8 Å². The second-order valence-electron chi connectivity index (χ2n) is 4.83. The van der Waals surface area contributed by atoms with Gasteiger partial charge >= 0.3 is 5.97 Å². The third kappa shape index (κ3) is 3.71. The summed E-state index contributed by atoms with van der Waals surface area (Å²) in [6, 6.07) is 1.13. The molecule has 0 amide bonds. The Morgan fingerprint density at radius 2 is 2.17 bits per heavy atom. The van der Waals surface area contributed by atoms with Crippen LogP contribution < -0.4 is 4.72 Å². The van der Waals surface area contributed by atoms with Crippen LogP contribution in [0.25, 0.3) is 0 Å². The smallest absolute Gasteiger partial charge is 0.336 e. The number of carboxylic acid groups (broad SMARTS) is 1. The number of methoxy groups -OCH3 is 1. The van der Waals surface area contributed by atoms with Gasteiger partial charge in [-0.2, -0.15) is 5.10 Å². The molecule has 23 heavy (non-hydrogen) atoms. The number of hydrogen-bond donors (Lipinski definition) is 2. The SMILES string of the molecule is COCCn1nc(C)c(NS(=O)(=O)c2cc(C(=O)O)cs2)c1C. The molecule has 2 N–H and O–H groups in total. The van der Waals surface area contributed by atoms with Crippen LogP contribution in [0.4, 0.5) is 5.69 Å². The largest absolute Gasteiger partial charge is 0.478 e. The van der Waals surface area contributed by atoms with Crippen LogP contribution in [0.1, 0.15) is 21.7 Å². The van der Waals surface area contributed by atoms with E-state index in [1.54, 1.807) is 25.6 Å². The third-order valence-electron chi connectivity index (χ3n) is 3.21. The molecular weight excluding hydrogens is 342 g/mol. The molecule has 0 aromatic carbocycles. The van der Waals surface area contributed by atoms with Crippen LogP contribution >= 0.6 is 11.3 Å². The molecule has 0 fully saturated rings. The van der Waals surface area contributed by atoms with Crippen molar-refractivity contribution in [3.8, 4) is 0 Å². The Hall–Kier alpha value is -1.91. The number of ether oxygens (including phenoxy) is 1. The average molecular weight is 359 g/mol. The molecule has 0 aliphatic heterocycles. The molecule has 0 aliphatic carbocycles. The van der Waals surface area contributed by atoms with Gasteiger partial charge in [-0.05, 0) is 19.9 Å². The molecule has 2 heterocycles. The van der Waals surface area contributed by atoms with Gasteiger partial charge in [0.05, 0.1) is 35.8 Å². The van der Waals surface area contributed by atoms with E-state index >= 15 is 0 Å². The summed E-state index contributed by atoms with van der Waals surface area (Å²) in [7, 11) is -2.28. The second-order valence-corrected chi connectivity index (χ2v) is 7.65. The lowest BCUT2D eigenvalue weighted by Gasteiger charge is -2.07. The van der Waals surface area contributed by atoms with E-state index < -0.39 is 16.0 Å². The minimum absolute atomic E-state index is 0.0559. The van der Waals surface area contributed by atoms with Crippen LogP contribution in [0.3, 0.4) is 0 Å². The monoisotopic (exact) mass is 359 g/mol. The number of aromatic nitrogens is 2. The first-order chi connectivity index (χ1) is 10.8. The van der Waals surface area contributed by atoms with Gasteiger partial charge in [0.2, 0.25) is 0 Å². The second kappa shape index (κ2) is 6.69. The predicted molar refractivity (Wildman–Crippen MR) is 85.7 cm³/mol. The molecule has 126 valence electrons. The lowest BCUT2D eigenvalue weighted by molar-refractivity contribution is 0.0697. The lowest BCUT2D eigenvalue weighted by atomic mass is 10.3. The van der Waals surface area contributed by atoms with Crippen molar-refractivity contribution in [3.05, 3.63) is 28.4 Å².